The van der Waals surface area contributed by atoms with Crippen LogP contribution >= 0.6 is 0 Å². The Bertz CT molecular complexity index is 494. The predicted molar refractivity (Wildman–Crippen MR) is 81.0 cm³/mol. The molecule has 0 saturated carbocycles. The first kappa shape index (κ1) is 15.0. The third kappa shape index (κ3) is 3.21. The molecule has 20 heavy (non-hydrogen) atoms. The van der Waals surface area contributed by atoms with E-state index in [1.165, 1.54) is 5.56 Å². The fraction of sp³-hybridized carbons (Fsp3) is 0.588. The van der Waals surface area contributed by atoms with E-state index in [4.69, 9.17) is 0 Å². The molecule has 3 heteroatoms. The summed E-state index contributed by atoms with van der Waals surface area (Å²) in [5.41, 5.74) is 3.17. The van der Waals surface area contributed by atoms with Gasteiger partial charge in [0.15, 0.2) is 0 Å². The first-order valence-corrected chi connectivity index (χ1v) is 7.37. The van der Waals surface area contributed by atoms with Gasteiger partial charge in [-0.3, -0.25) is 4.79 Å². The van der Waals surface area contributed by atoms with Gasteiger partial charge in [-0.2, -0.15) is 0 Å². The lowest BCUT2D eigenvalue weighted by molar-refractivity contribution is 0.0546. The SMILES string of the molecule is Cc1cc(C(C)(C)C)ccc1C(=O)N1CCC(O)CC1. The molecule has 0 aliphatic carbocycles. The molecule has 0 bridgehead atoms. The van der Waals surface area contributed by atoms with Crippen molar-refractivity contribution in [2.24, 2.45) is 0 Å². The van der Waals surface area contributed by atoms with Crippen LogP contribution in [0.25, 0.3) is 0 Å². The Kier molecular flexibility index (Phi) is 4.19. The number of carbonyl (C=O) groups is 1. The Morgan fingerprint density at radius 2 is 1.85 bits per heavy atom. The minimum atomic E-state index is -0.247. The van der Waals surface area contributed by atoms with Crippen molar-refractivity contribution < 1.29 is 9.90 Å². The molecule has 1 aliphatic heterocycles. The molecule has 1 aromatic carbocycles. The zero-order chi connectivity index (χ0) is 14.9. The average Bonchev–Trinajstić information content (AvgIpc) is 2.37. The topological polar surface area (TPSA) is 40.5 Å². The molecule has 0 aromatic heterocycles. The van der Waals surface area contributed by atoms with Crippen LogP contribution < -0.4 is 0 Å². The summed E-state index contributed by atoms with van der Waals surface area (Å²) >= 11 is 0. The summed E-state index contributed by atoms with van der Waals surface area (Å²) in [5, 5.41) is 9.52. The van der Waals surface area contributed by atoms with Gasteiger partial charge in [0, 0.05) is 18.7 Å². The number of hydrogen-bond donors (Lipinski definition) is 1. The molecule has 1 amide bonds. The molecule has 1 heterocycles. The van der Waals surface area contributed by atoms with Crippen molar-refractivity contribution in [1.29, 1.82) is 0 Å². The Labute approximate surface area is 121 Å². The van der Waals surface area contributed by atoms with Gasteiger partial charge in [-0.1, -0.05) is 32.9 Å². The van der Waals surface area contributed by atoms with Crippen molar-refractivity contribution in [2.45, 2.75) is 52.1 Å². The number of piperidine rings is 1. The van der Waals surface area contributed by atoms with E-state index in [1.54, 1.807) is 0 Å². The van der Waals surface area contributed by atoms with Gasteiger partial charge in [0.2, 0.25) is 0 Å². The fourth-order valence-electron chi connectivity index (χ4n) is 2.61. The van der Waals surface area contributed by atoms with Gasteiger partial charge in [0.25, 0.3) is 5.91 Å². The molecule has 110 valence electrons. The fourth-order valence-corrected chi connectivity index (χ4v) is 2.61. The first-order valence-electron chi connectivity index (χ1n) is 7.37. The molecule has 1 aromatic rings. The van der Waals surface area contributed by atoms with Crippen LogP contribution in [0.4, 0.5) is 0 Å². The van der Waals surface area contributed by atoms with Gasteiger partial charge < -0.3 is 10.0 Å². The van der Waals surface area contributed by atoms with E-state index in [0.29, 0.717) is 25.9 Å². The zero-order valence-corrected chi connectivity index (χ0v) is 12.9. The van der Waals surface area contributed by atoms with E-state index in [2.05, 4.69) is 32.9 Å². The number of nitrogens with zero attached hydrogens (tertiary/aromatic N) is 1. The quantitative estimate of drug-likeness (QED) is 0.856. The molecule has 0 unspecified atom stereocenters. The van der Waals surface area contributed by atoms with Crippen molar-refractivity contribution >= 4 is 5.91 Å². The number of benzene rings is 1. The summed E-state index contributed by atoms with van der Waals surface area (Å²) in [4.78, 5) is 14.4. The molecule has 1 fully saturated rings. The third-order valence-electron chi connectivity index (χ3n) is 4.07. The maximum atomic E-state index is 12.5. The van der Waals surface area contributed by atoms with E-state index in [0.717, 1.165) is 11.1 Å². The summed E-state index contributed by atoms with van der Waals surface area (Å²) in [5.74, 6) is 0.0925. The van der Waals surface area contributed by atoms with Crippen molar-refractivity contribution in [2.75, 3.05) is 13.1 Å². The average molecular weight is 275 g/mol. The normalized spacial score (nSPS) is 17.4. The smallest absolute Gasteiger partial charge is 0.254 e. The Balaban J connectivity index is 2.19. The van der Waals surface area contributed by atoms with Crippen molar-refractivity contribution in [1.82, 2.24) is 4.90 Å². The number of aliphatic hydroxyl groups is 1. The summed E-state index contributed by atoms with van der Waals surface area (Å²) in [6.07, 6.45) is 1.12. The van der Waals surface area contributed by atoms with E-state index in [9.17, 15) is 9.90 Å². The molecular weight excluding hydrogens is 250 g/mol. The number of carbonyl (C=O) groups excluding carboxylic acids is 1. The Morgan fingerprint density at radius 3 is 2.35 bits per heavy atom. The summed E-state index contributed by atoms with van der Waals surface area (Å²) in [7, 11) is 0. The largest absolute Gasteiger partial charge is 0.393 e. The number of hydrogen-bond acceptors (Lipinski definition) is 2. The van der Waals surface area contributed by atoms with Gasteiger partial charge in [-0.05, 0) is 42.4 Å². The predicted octanol–water partition coefficient (Wildman–Crippen LogP) is 2.89. The van der Waals surface area contributed by atoms with Crippen LogP contribution in [0.2, 0.25) is 0 Å². The second-order valence-electron chi connectivity index (χ2n) is 6.80. The van der Waals surface area contributed by atoms with Crippen LogP contribution in [0.3, 0.4) is 0 Å². The molecular formula is C17H25NO2. The zero-order valence-electron chi connectivity index (χ0n) is 12.9. The van der Waals surface area contributed by atoms with E-state index >= 15 is 0 Å². The molecule has 3 nitrogen and oxygen atoms in total. The number of aliphatic hydroxyl groups excluding tert-OH is 1. The Hall–Kier alpha value is -1.35. The minimum absolute atomic E-state index is 0.0925. The minimum Gasteiger partial charge on any atom is -0.393 e. The van der Waals surface area contributed by atoms with Crippen LogP contribution in [-0.2, 0) is 5.41 Å². The number of amides is 1. The highest BCUT2D eigenvalue weighted by Crippen LogP contribution is 2.25. The first-order chi connectivity index (χ1) is 9.29. The van der Waals surface area contributed by atoms with Crippen molar-refractivity contribution in [3.8, 4) is 0 Å². The van der Waals surface area contributed by atoms with E-state index < -0.39 is 0 Å². The molecule has 1 saturated heterocycles. The van der Waals surface area contributed by atoms with Crippen LogP contribution in [0.5, 0.6) is 0 Å². The van der Waals surface area contributed by atoms with Crippen LogP contribution in [0, 0.1) is 6.92 Å². The molecule has 1 aliphatic rings. The summed E-state index contributed by atoms with van der Waals surface area (Å²) in [6, 6.07) is 6.12. The lowest BCUT2D eigenvalue weighted by atomic mass is 9.85. The molecule has 0 atom stereocenters. The second kappa shape index (κ2) is 5.57. The number of rotatable bonds is 1. The monoisotopic (exact) mass is 275 g/mol. The van der Waals surface area contributed by atoms with Gasteiger partial charge >= 0.3 is 0 Å². The van der Waals surface area contributed by atoms with Crippen LogP contribution in [-0.4, -0.2) is 35.1 Å². The van der Waals surface area contributed by atoms with Gasteiger partial charge in [0.05, 0.1) is 6.10 Å². The maximum Gasteiger partial charge on any atom is 0.254 e. The van der Waals surface area contributed by atoms with Crippen molar-refractivity contribution in [3.63, 3.8) is 0 Å². The molecule has 0 spiro atoms. The molecule has 1 N–H and O–H groups in total. The third-order valence-corrected chi connectivity index (χ3v) is 4.07. The summed E-state index contributed by atoms with van der Waals surface area (Å²) in [6.45, 7) is 9.84. The van der Waals surface area contributed by atoms with E-state index in [1.807, 2.05) is 17.9 Å². The molecule has 0 radical (unpaired) electrons. The van der Waals surface area contributed by atoms with E-state index in [-0.39, 0.29) is 17.4 Å². The van der Waals surface area contributed by atoms with Crippen molar-refractivity contribution in [3.05, 3.63) is 34.9 Å². The summed E-state index contributed by atoms with van der Waals surface area (Å²) < 4.78 is 0. The highest BCUT2D eigenvalue weighted by atomic mass is 16.3. The van der Waals surface area contributed by atoms with Gasteiger partial charge in [0.1, 0.15) is 0 Å². The Morgan fingerprint density at radius 1 is 1.25 bits per heavy atom. The molecule has 2 rings (SSSR count). The standard InChI is InChI=1S/C17H25NO2/c1-12-11-13(17(2,3)4)5-6-15(12)16(20)18-9-7-14(19)8-10-18/h5-6,11,14,19H,7-10H2,1-4H3. The van der Waals surface area contributed by atoms with Crippen LogP contribution in [0.15, 0.2) is 18.2 Å². The number of likely N-dealkylation sites (tertiary alicyclic amines) is 1. The lowest BCUT2D eigenvalue weighted by Crippen LogP contribution is -2.40. The van der Waals surface area contributed by atoms with Crippen LogP contribution in [0.1, 0.15) is 55.1 Å². The van der Waals surface area contributed by atoms with Gasteiger partial charge in [-0.25, -0.2) is 0 Å². The number of aryl methyl sites for hydroxylation is 1. The highest BCUT2D eigenvalue weighted by molar-refractivity contribution is 5.95. The highest BCUT2D eigenvalue weighted by Gasteiger charge is 2.24. The maximum absolute atomic E-state index is 12.5. The van der Waals surface area contributed by atoms with Gasteiger partial charge in [-0.15, -0.1) is 0 Å². The lowest BCUT2D eigenvalue weighted by Gasteiger charge is -2.30. The second-order valence-corrected chi connectivity index (χ2v) is 6.80.